The second kappa shape index (κ2) is 30.0. The molecule has 4 aliphatic rings. The molecule has 0 saturated heterocycles. The quantitative estimate of drug-likeness (QED) is 0.125. The fourth-order valence-electron chi connectivity index (χ4n) is 20.5. The van der Waals surface area contributed by atoms with Crippen LogP contribution in [0.25, 0.3) is 178 Å². The van der Waals surface area contributed by atoms with Gasteiger partial charge < -0.3 is 9.47 Å². The Kier molecular flexibility index (Phi) is 17.3. The average molecular weight is 1630 g/mol. The molecule has 0 bridgehead atoms. The summed E-state index contributed by atoms with van der Waals surface area (Å²) in [7, 11) is 0. The lowest BCUT2D eigenvalue weighted by Gasteiger charge is -2.39. The van der Waals surface area contributed by atoms with E-state index in [4.69, 9.17) is 39.4 Å². The third-order valence-corrected chi connectivity index (χ3v) is 26.3. The van der Waals surface area contributed by atoms with Crippen LogP contribution in [0.15, 0.2) is 449 Å². The van der Waals surface area contributed by atoms with E-state index in [2.05, 4.69) is 376 Å². The molecule has 26 rings (SSSR count). The van der Waals surface area contributed by atoms with E-state index in [1.165, 1.54) is 44.5 Å². The van der Waals surface area contributed by atoms with E-state index in [-0.39, 0.29) is 0 Å². The largest absolute Gasteiger partial charge is 0.457 e. The van der Waals surface area contributed by atoms with Crippen LogP contribution in [-0.2, 0) is 10.8 Å². The molecule has 2 aliphatic carbocycles. The molecule has 0 fully saturated rings. The van der Waals surface area contributed by atoms with Gasteiger partial charge in [-0.3, -0.25) is 0 Å². The fourth-order valence-corrected chi connectivity index (χ4v) is 20.5. The van der Waals surface area contributed by atoms with Crippen LogP contribution in [0.2, 0.25) is 0 Å². The lowest BCUT2D eigenvalue weighted by Crippen LogP contribution is -2.32. The summed E-state index contributed by atoms with van der Waals surface area (Å²) >= 11 is 0. The number of para-hydroxylation sites is 4. The van der Waals surface area contributed by atoms with Gasteiger partial charge in [0.25, 0.3) is 0 Å². The van der Waals surface area contributed by atoms with Gasteiger partial charge in [0.05, 0.1) is 56.0 Å². The van der Waals surface area contributed by atoms with Crippen molar-refractivity contribution in [3.05, 3.63) is 493 Å². The molecular formula is C120H74N6O2. The van der Waals surface area contributed by atoms with E-state index in [1.54, 1.807) is 0 Å². The van der Waals surface area contributed by atoms with Crippen molar-refractivity contribution in [2.45, 2.75) is 10.8 Å². The highest BCUT2D eigenvalue weighted by atomic mass is 16.5. The molecule has 0 unspecified atom stereocenters. The van der Waals surface area contributed by atoms with Gasteiger partial charge in [0.2, 0.25) is 0 Å². The summed E-state index contributed by atoms with van der Waals surface area (Å²) in [5, 5.41) is 6.63. The van der Waals surface area contributed by atoms with Crippen molar-refractivity contribution in [2.75, 3.05) is 0 Å². The van der Waals surface area contributed by atoms with Crippen LogP contribution in [0.1, 0.15) is 44.5 Å². The highest BCUT2D eigenvalue weighted by Crippen LogP contribution is 2.65. The van der Waals surface area contributed by atoms with Gasteiger partial charge in [-0.05, 0) is 144 Å². The Labute approximate surface area is 739 Å². The fraction of sp³-hybridized carbons (Fsp3) is 0.0167. The van der Waals surface area contributed by atoms with Crippen LogP contribution in [0.4, 0.5) is 0 Å². The molecule has 0 N–H and O–H groups in total. The molecule has 2 spiro atoms. The van der Waals surface area contributed by atoms with Gasteiger partial charge in [-0.1, -0.05) is 382 Å². The lowest BCUT2D eigenvalue weighted by atomic mass is 9.65. The maximum atomic E-state index is 6.96. The SMILES string of the molecule is c1ccc(-c2cc(-c3ccc(-c4ccc(-c5nc6ccccc6c6cc7c(cc56)Oc5ccccc5C75c6ccccc6-c6ccccc65)cc4)cc3)nc(-c3ccccc3)n2)cc1.c1ccc(-c2cc(-c3cccc(-c4ccc(-c5nc6ccccc6c6cc7c(cc56)Oc5ccccc5C75c6ccccc6-c6ccccc65)cc4)c3)nc(-c3ccccc3)n2)cc1. The molecule has 596 valence electrons. The number of hydrogen-bond acceptors (Lipinski definition) is 8. The minimum Gasteiger partial charge on any atom is -0.457 e. The number of benzene rings is 18. The van der Waals surface area contributed by atoms with E-state index in [1.807, 2.05) is 72.8 Å². The van der Waals surface area contributed by atoms with Gasteiger partial charge in [0.1, 0.15) is 23.0 Å². The third kappa shape index (κ3) is 11.9. The Balaban J connectivity index is 0.000000139. The highest BCUT2D eigenvalue weighted by Gasteiger charge is 2.53. The van der Waals surface area contributed by atoms with Crippen LogP contribution in [0.3, 0.4) is 0 Å². The zero-order valence-electron chi connectivity index (χ0n) is 69.2. The molecule has 6 heterocycles. The van der Waals surface area contributed by atoms with Gasteiger partial charge in [0, 0.05) is 88.3 Å². The number of ether oxygens (including phenoxy) is 2. The van der Waals surface area contributed by atoms with Gasteiger partial charge in [0.15, 0.2) is 11.6 Å². The molecule has 22 aromatic rings. The van der Waals surface area contributed by atoms with E-state index >= 15 is 0 Å². The molecule has 18 aromatic carbocycles. The zero-order valence-corrected chi connectivity index (χ0v) is 69.2. The van der Waals surface area contributed by atoms with Crippen LogP contribution >= 0.6 is 0 Å². The summed E-state index contributed by atoms with van der Waals surface area (Å²) in [4.78, 5) is 30.9. The maximum Gasteiger partial charge on any atom is 0.160 e. The normalized spacial score (nSPS) is 12.9. The average Bonchev–Trinajstić information content (AvgIpc) is 1.22. The van der Waals surface area contributed by atoms with E-state index in [0.717, 1.165) is 190 Å². The standard InChI is InChI=1S/2C60H37N3O/c1-3-16-39(17-4-1)54-37-55(63-59(62-54)41-18-5-2-6-19-41)43-21-15-20-42(34-43)38-30-32-40(33-31-38)58-48-36-57-52(35-47(48)46-24-9-13-28-53(46)61-58)60(51-27-12-14-29-56(51)64-57)49-25-10-7-22-44(49)45-23-8-11-26-50(45)60;1-3-15-40(16-4-1)54-37-55(63-59(62-54)43-17-5-2-6-18-43)41-31-27-38(28-32-41)39-29-33-42(34-30-39)58-48-36-57-52(35-47(48)46-21-9-13-25-53(46)61-58)60(51-24-12-14-26-56(51)64-57)49-22-10-7-19-44(49)45-20-8-11-23-50(45)60/h2*1-37H. The number of rotatable bonds is 10. The van der Waals surface area contributed by atoms with Gasteiger partial charge in [-0.25, -0.2) is 29.9 Å². The molecule has 8 heteroatoms. The first-order valence-electron chi connectivity index (χ1n) is 43.5. The molecule has 0 atom stereocenters. The molecule has 4 aromatic heterocycles. The van der Waals surface area contributed by atoms with Crippen molar-refractivity contribution in [3.63, 3.8) is 0 Å². The van der Waals surface area contributed by atoms with E-state index in [9.17, 15) is 0 Å². The molecule has 128 heavy (non-hydrogen) atoms. The summed E-state index contributed by atoms with van der Waals surface area (Å²) in [5.74, 6) is 4.85. The second-order valence-electron chi connectivity index (χ2n) is 33.3. The first kappa shape index (κ1) is 73.8. The van der Waals surface area contributed by atoms with Crippen LogP contribution in [0, 0.1) is 0 Å². The number of nitrogens with zero attached hydrogens (tertiary/aromatic N) is 6. The topological polar surface area (TPSA) is 95.8 Å². The number of hydrogen-bond donors (Lipinski definition) is 0. The van der Waals surface area contributed by atoms with Crippen molar-refractivity contribution in [1.82, 2.24) is 29.9 Å². The van der Waals surface area contributed by atoms with Gasteiger partial charge in [-0.2, -0.15) is 0 Å². The summed E-state index contributed by atoms with van der Waals surface area (Å²) in [5.41, 5.74) is 33.6. The van der Waals surface area contributed by atoms with Gasteiger partial charge in [-0.15, -0.1) is 0 Å². The predicted octanol–water partition coefficient (Wildman–Crippen LogP) is 30.0. The maximum absolute atomic E-state index is 6.96. The molecule has 0 saturated carbocycles. The van der Waals surface area contributed by atoms with Crippen LogP contribution in [-0.4, -0.2) is 29.9 Å². The Morgan fingerprint density at radius 3 is 0.844 bits per heavy atom. The predicted molar refractivity (Wildman–Crippen MR) is 519 cm³/mol. The highest BCUT2D eigenvalue weighted by molar-refractivity contribution is 6.14. The van der Waals surface area contributed by atoms with Crippen LogP contribution < -0.4 is 9.47 Å². The molecular weight excluding hydrogens is 1560 g/mol. The Hall–Kier alpha value is -16.9. The monoisotopic (exact) mass is 1630 g/mol. The summed E-state index contributed by atoms with van der Waals surface area (Å²) < 4.78 is 13.9. The Morgan fingerprint density at radius 1 is 0.156 bits per heavy atom. The molecule has 0 radical (unpaired) electrons. The minimum atomic E-state index is -0.551. The number of pyridine rings is 2. The van der Waals surface area contributed by atoms with Crippen molar-refractivity contribution < 1.29 is 9.47 Å². The summed E-state index contributed by atoms with van der Waals surface area (Å²) in [6, 6.07) is 159. The first-order valence-corrected chi connectivity index (χ1v) is 43.5. The Bertz CT molecular complexity index is 8020. The van der Waals surface area contributed by atoms with Crippen molar-refractivity contribution in [2.24, 2.45) is 0 Å². The number of aromatic nitrogens is 6. The molecule has 8 nitrogen and oxygen atoms in total. The van der Waals surface area contributed by atoms with Crippen LogP contribution in [0.5, 0.6) is 23.0 Å². The molecule has 0 amide bonds. The third-order valence-electron chi connectivity index (χ3n) is 26.3. The Morgan fingerprint density at radius 2 is 0.445 bits per heavy atom. The van der Waals surface area contributed by atoms with Crippen molar-refractivity contribution in [1.29, 1.82) is 0 Å². The van der Waals surface area contributed by atoms with Crippen molar-refractivity contribution >= 4 is 43.4 Å². The minimum absolute atomic E-state index is 0.547. The lowest BCUT2D eigenvalue weighted by molar-refractivity contribution is 0.437. The zero-order chi connectivity index (χ0) is 84.4. The molecule has 2 aliphatic heterocycles. The smallest absolute Gasteiger partial charge is 0.160 e. The number of fused-ring (bicyclic) bond motifs is 24. The summed E-state index contributed by atoms with van der Waals surface area (Å²) in [6.45, 7) is 0. The van der Waals surface area contributed by atoms with E-state index in [0.29, 0.717) is 11.6 Å². The first-order chi connectivity index (χ1) is 63.4. The van der Waals surface area contributed by atoms with E-state index < -0.39 is 10.8 Å². The summed E-state index contributed by atoms with van der Waals surface area (Å²) in [6.07, 6.45) is 0. The second-order valence-corrected chi connectivity index (χ2v) is 33.3. The van der Waals surface area contributed by atoms with Crippen molar-refractivity contribution in [3.8, 4) is 158 Å². The van der Waals surface area contributed by atoms with Gasteiger partial charge >= 0.3 is 0 Å².